The van der Waals surface area contributed by atoms with E-state index in [4.69, 9.17) is 10.5 Å². The molecular weight excluding hydrogens is 372 g/mol. The van der Waals surface area contributed by atoms with E-state index < -0.39 is 5.91 Å². The van der Waals surface area contributed by atoms with Gasteiger partial charge in [0.2, 0.25) is 0 Å². The minimum Gasteiger partial charge on any atom is -0.484 e. The zero-order valence-corrected chi connectivity index (χ0v) is 17.4. The van der Waals surface area contributed by atoms with Crippen LogP contribution >= 0.6 is 11.8 Å². The summed E-state index contributed by atoms with van der Waals surface area (Å²) in [5.74, 6) is 0.923. The molecule has 28 heavy (non-hydrogen) atoms. The highest BCUT2D eigenvalue weighted by molar-refractivity contribution is 7.98. The molecule has 0 aliphatic heterocycles. The van der Waals surface area contributed by atoms with Crippen molar-refractivity contribution >= 4 is 23.6 Å². The zero-order chi connectivity index (χ0) is 20.4. The second-order valence-corrected chi connectivity index (χ2v) is 7.16. The first-order chi connectivity index (χ1) is 13.5. The van der Waals surface area contributed by atoms with Crippen molar-refractivity contribution in [2.24, 2.45) is 10.7 Å². The van der Waals surface area contributed by atoms with Crippen molar-refractivity contribution in [2.45, 2.75) is 24.8 Å². The van der Waals surface area contributed by atoms with E-state index in [1.54, 1.807) is 18.8 Å². The Hall–Kier alpha value is -2.67. The van der Waals surface area contributed by atoms with Gasteiger partial charge in [-0.15, -0.1) is 11.8 Å². The maximum atomic E-state index is 10.7. The summed E-state index contributed by atoms with van der Waals surface area (Å²) in [6, 6.07) is 14.1. The lowest BCUT2D eigenvalue weighted by atomic mass is 10.1. The van der Waals surface area contributed by atoms with Crippen LogP contribution in [0.3, 0.4) is 0 Å². The van der Waals surface area contributed by atoms with Gasteiger partial charge in [0.1, 0.15) is 5.75 Å². The van der Waals surface area contributed by atoms with E-state index >= 15 is 0 Å². The molecule has 0 saturated carbocycles. The first-order valence-electron chi connectivity index (χ1n) is 9.10. The number of guanidine groups is 1. The van der Waals surface area contributed by atoms with Gasteiger partial charge in [-0.2, -0.15) is 0 Å². The van der Waals surface area contributed by atoms with Gasteiger partial charge in [-0.25, -0.2) is 0 Å². The molecule has 2 rings (SSSR count). The normalized spacial score (nSPS) is 11.2. The van der Waals surface area contributed by atoms with E-state index in [9.17, 15) is 4.79 Å². The lowest BCUT2D eigenvalue weighted by Crippen LogP contribution is -2.37. The number of primary amides is 1. The highest BCUT2D eigenvalue weighted by atomic mass is 32.2. The number of aliphatic imine (C=N–C) groups is 1. The molecule has 4 N–H and O–H groups in total. The van der Waals surface area contributed by atoms with Gasteiger partial charge < -0.3 is 21.1 Å². The van der Waals surface area contributed by atoms with E-state index in [-0.39, 0.29) is 6.61 Å². The fraction of sp³-hybridized carbons (Fsp3) is 0.333. The summed E-state index contributed by atoms with van der Waals surface area (Å²) in [7, 11) is 1.77. The number of ether oxygens (including phenoxy) is 1. The molecular formula is C21H28N4O2S. The van der Waals surface area contributed by atoms with Crippen molar-refractivity contribution in [2.75, 3.05) is 26.5 Å². The molecule has 0 saturated heterocycles. The molecule has 0 aliphatic rings. The van der Waals surface area contributed by atoms with Crippen LogP contribution in [0.5, 0.6) is 5.75 Å². The van der Waals surface area contributed by atoms with Gasteiger partial charge in [-0.05, 0) is 54.5 Å². The smallest absolute Gasteiger partial charge is 0.255 e. The maximum absolute atomic E-state index is 10.7. The summed E-state index contributed by atoms with van der Waals surface area (Å²) < 4.78 is 5.26. The van der Waals surface area contributed by atoms with Crippen molar-refractivity contribution in [3.8, 4) is 5.75 Å². The summed E-state index contributed by atoms with van der Waals surface area (Å²) in [4.78, 5) is 16.3. The molecule has 0 aliphatic carbocycles. The third kappa shape index (κ3) is 7.15. The molecule has 2 aromatic rings. The Morgan fingerprint density at radius 3 is 2.57 bits per heavy atom. The Balaban J connectivity index is 1.79. The van der Waals surface area contributed by atoms with Crippen LogP contribution in [0.15, 0.2) is 52.4 Å². The first kappa shape index (κ1) is 21.6. The van der Waals surface area contributed by atoms with Crippen molar-refractivity contribution in [1.29, 1.82) is 0 Å². The van der Waals surface area contributed by atoms with Crippen molar-refractivity contribution in [3.05, 3.63) is 59.2 Å². The van der Waals surface area contributed by atoms with Crippen molar-refractivity contribution in [1.82, 2.24) is 10.6 Å². The predicted octanol–water partition coefficient (Wildman–Crippen LogP) is 2.49. The largest absolute Gasteiger partial charge is 0.484 e. The number of carbonyl (C=O) groups excluding carboxylic acids is 1. The number of carbonyl (C=O) groups is 1. The Bertz CT molecular complexity index is 807. The van der Waals surface area contributed by atoms with E-state index in [2.05, 4.69) is 47.0 Å². The second kappa shape index (κ2) is 11.2. The maximum Gasteiger partial charge on any atom is 0.255 e. The highest BCUT2D eigenvalue weighted by Gasteiger charge is 2.04. The van der Waals surface area contributed by atoms with Crippen LogP contribution < -0.4 is 21.1 Å². The number of nitrogens with one attached hydrogen (secondary N) is 2. The summed E-state index contributed by atoms with van der Waals surface area (Å²) >= 11 is 1.75. The van der Waals surface area contributed by atoms with E-state index in [1.165, 1.54) is 16.0 Å². The van der Waals surface area contributed by atoms with Crippen LogP contribution in [0.2, 0.25) is 0 Å². The van der Waals surface area contributed by atoms with Gasteiger partial charge in [0, 0.05) is 25.0 Å². The Labute approximate surface area is 171 Å². The van der Waals surface area contributed by atoms with E-state index in [0.717, 1.165) is 31.0 Å². The number of benzene rings is 2. The van der Waals surface area contributed by atoms with Gasteiger partial charge in [-0.1, -0.05) is 24.3 Å². The summed E-state index contributed by atoms with van der Waals surface area (Å²) in [5, 5.41) is 6.70. The first-order valence-corrected chi connectivity index (χ1v) is 10.3. The third-order valence-electron chi connectivity index (χ3n) is 4.12. The number of nitrogens with zero attached hydrogens (tertiary/aromatic N) is 1. The number of aryl methyl sites for hydroxylation is 1. The highest BCUT2D eigenvalue weighted by Crippen LogP contribution is 2.21. The summed E-state index contributed by atoms with van der Waals surface area (Å²) in [5.41, 5.74) is 8.76. The quantitative estimate of drug-likeness (QED) is 0.342. The number of nitrogens with two attached hydrogens (primary N) is 1. The number of amides is 1. The van der Waals surface area contributed by atoms with Crippen LogP contribution in [0.25, 0.3) is 0 Å². The molecule has 0 aromatic heterocycles. The average Bonchev–Trinajstić information content (AvgIpc) is 2.70. The number of hydrogen-bond donors (Lipinski definition) is 3. The van der Waals surface area contributed by atoms with Crippen molar-refractivity contribution in [3.63, 3.8) is 0 Å². The molecule has 0 radical (unpaired) electrons. The lowest BCUT2D eigenvalue weighted by Gasteiger charge is -2.14. The Morgan fingerprint density at radius 2 is 1.93 bits per heavy atom. The number of hydrogen-bond acceptors (Lipinski definition) is 4. The standard InChI is InChI=1S/C21H28N4O2S/c1-15-4-7-17(19(12-15)28-3)13-25-21(23-2)24-11-10-16-5-8-18(9-6-16)27-14-20(22)26/h4-9,12H,10-11,13-14H2,1-3H3,(H2,22,26)(H2,23,24,25). The topological polar surface area (TPSA) is 88.7 Å². The van der Waals surface area contributed by atoms with Gasteiger partial charge in [-0.3, -0.25) is 9.79 Å². The summed E-state index contributed by atoms with van der Waals surface area (Å²) in [6.07, 6.45) is 2.94. The minimum absolute atomic E-state index is 0.109. The second-order valence-electron chi connectivity index (χ2n) is 6.32. The number of thioether (sulfide) groups is 1. The van der Waals surface area contributed by atoms with Gasteiger partial charge in [0.05, 0.1) is 0 Å². The zero-order valence-electron chi connectivity index (χ0n) is 16.6. The van der Waals surface area contributed by atoms with Crippen LogP contribution in [0, 0.1) is 6.92 Å². The minimum atomic E-state index is -0.484. The van der Waals surface area contributed by atoms with Crippen molar-refractivity contribution < 1.29 is 9.53 Å². The molecule has 2 aromatic carbocycles. The molecule has 150 valence electrons. The van der Waals surface area contributed by atoms with Crippen LogP contribution in [-0.4, -0.2) is 38.3 Å². The van der Waals surface area contributed by atoms with Gasteiger partial charge in [0.25, 0.3) is 5.91 Å². The number of rotatable bonds is 9. The van der Waals surface area contributed by atoms with Crippen LogP contribution in [0.1, 0.15) is 16.7 Å². The molecule has 0 heterocycles. The predicted molar refractivity (Wildman–Crippen MR) is 116 cm³/mol. The molecule has 0 fully saturated rings. The molecule has 1 amide bonds. The Morgan fingerprint density at radius 1 is 1.18 bits per heavy atom. The summed E-state index contributed by atoms with van der Waals surface area (Å²) in [6.45, 7) is 3.47. The van der Waals surface area contributed by atoms with Crippen LogP contribution in [0.4, 0.5) is 0 Å². The molecule has 6 nitrogen and oxygen atoms in total. The lowest BCUT2D eigenvalue weighted by molar-refractivity contribution is -0.119. The average molecular weight is 401 g/mol. The molecule has 7 heteroatoms. The third-order valence-corrected chi connectivity index (χ3v) is 4.94. The molecule has 0 bridgehead atoms. The fourth-order valence-electron chi connectivity index (χ4n) is 2.63. The molecule has 0 spiro atoms. The fourth-order valence-corrected chi connectivity index (χ4v) is 3.34. The van der Waals surface area contributed by atoms with E-state index in [0.29, 0.717) is 5.75 Å². The monoisotopic (exact) mass is 400 g/mol. The Kier molecular flexibility index (Phi) is 8.68. The van der Waals surface area contributed by atoms with Gasteiger partial charge >= 0.3 is 0 Å². The van der Waals surface area contributed by atoms with Gasteiger partial charge in [0.15, 0.2) is 12.6 Å². The van der Waals surface area contributed by atoms with E-state index in [1.807, 2.05) is 24.3 Å². The van der Waals surface area contributed by atoms with Crippen LogP contribution in [-0.2, 0) is 17.8 Å². The molecule has 0 atom stereocenters. The molecule has 0 unspecified atom stereocenters. The SMILES string of the molecule is CN=C(NCCc1ccc(OCC(N)=O)cc1)NCc1ccc(C)cc1SC.